The van der Waals surface area contributed by atoms with Crippen LogP contribution in [0.5, 0.6) is 0 Å². The van der Waals surface area contributed by atoms with E-state index in [1.54, 1.807) is 29.0 Å². The van der Waals surface area contributed by atoms with Crippen molar-refractivity contribution in [3.05, 3.63) is 18.2 Å². The summed E-state index contributed by atoms with van der Waals surface area (Å²) in [6.07, 6.45) is 3.95. The molecule has 0 aliphatic carbocycles. The maximum absolute atomic E-state index is 12.5. The lowest BCUT2D eigenvalue weighted by molar-refractivity contribution is -0.118. The molecule has 0 aromatic carbocycles. The van der Waals surface area contributed by atoms with Gasteiger partial charge in [0.25, 0.3) is 0 Å². The van der Waals surface area contributed by atoms with Gasteiger partial charge >= 0.3 is 6.03 Å². The van der Waals surface area contributed by atoms with Crippen molar-refractivity contribution in [1.82, 2.24) is 24.5 Å². The number of aryl methyl sites for hydroxylation is 1. The normalized spacial score (nSPS) is 17.8. The first-order chi connectivity index (χ1) is 11.7. The quantitative estimate of drug-likeness (QED) is 0.860. The van der Waals surface area contributed by atoms with Crippen LogP contribution in [0.3, 0.4) is 0 Å². The second-order valence-electron chi connectivity index (χ2n) is 6.97. The predicted molar refractivity (Wildman–Crippen MR) is 94.7 cm³/mol. The van der Waals surface area contributed by atoms with Crippen LogP contribution < -0.4 is 15.5 Å². The average Bonchev–Trinajstić information content (AvgIpc) is 3.21. The van der Waals surface area contributed by atoms with Gasteiger partial charge in [0.2, 0.25) is 11.0 Å². The van der Waals surface area contributed by atoms with Gasteiger partial charge < -0.3 is 10.2 Å². The Morgan fingerprint density at radius 1 is 1.40 bits per heavy atom. The van der Waals surface area contributed by atoms with E-state index < -0.39 is 12.1 Å². The van der Waals surface area contributed by atoms with E-state index in [1.807, 2.05) is 20.8 Å². The number of carbonyl (C=O) groups excluding carboxylic acids is 2. The van der Waals surface area contributed by atoms with Crippen LogP contribution in [0.2, 0.25) is 0 Å². The van der Waals surface area contributed by atoms with Crippen molar-refractivity contribution in [2.24, 2.45) is 7.05 Å². The number of carbonyl (C=O) groups is 2. The number of hydrogen-bond acceptors (Lipinski definition) is 6. The molecule has 134 valence electrons. The Hall–Kier alpha value is -2.49. The molecule has 3 rings (SSSR count). The van der Waals surface area contributed by atoms with E-state index >= 15 is 0 Å². The standard InChI is InChI=1S/C15H21N7O2S/c1-15(2,3)12-18-14(25-20-12)19-13(24)17-10-5-6-22(11(10)23)9-7-16-21(4)8-9/h7-8,10H,5-6H2,1-4H3,(H2,17,18,19,20,24). The molecule has 0 spiro atoms. The highest BCUT2D eigenvalue weighted by molar-refractivity contribution is 7.09. The highest BCUT2D eigenvalue weighted by Gasteiger charge is 2.34. The maximum atomic E-state index is 12.5. The van der Waals surface area contributed by atoms with Gasteiger partial charge in [-0.05, 0) is 6.42 Å². The fourth-order valence-corrected chi connectivity index (χ4v) is 3.24. The largest absolute Gasteiger partial charge is 0.326 e. The van der Waals surface area contributed by atoms with Crippen molar-refractivity contribution in [3.63, 3.8) is 0 Å². The van der Waals surface area contributed by atoms with Crippen LogP contribution >= 0.6 is 11.5 Å². The summed E-state index contributed by atoms with van der Waals surface area (Å²) in [5.74, 6) is 0.531. The van der Waals surface area contributed by atoms with E-state index in [1.165, 1.54) is 0 Å². The third-order valence-electron chi connectivity index (χ3n) is 3.83. The number of nitrogens with zero attached hydrogens (tertiary/aromatic N) is 5. The first-order valence-electron chi connectivity index (χ1n) is 7.96. The molecule has 2 aromatic heterocycles. The predicted octanol–water partition coefficient (Wildman–Crippen LogP) is 1.50. The number of aromatic nitrogens is 4. The zero-order valence-electron chi connectivity index (χ0n) is 14.6. The lowest BCUT2D eigenvalue weighted by Crippen LogP contribution is -2.43. The van der Waals surface area contributed by atoms with Crippen LogP contribution in [0.1, 0.15) is 33.0 Å². The Labute approximate surface area is 149 Å². The number of rotatable bonds is 3. The molecule has 1 fully saturated rings. The topological polar surface area (TPSA) is 105 Å². The summed E-state index contributed by atoms with van der Waals surface area (Å²) in [5, 5.41) is 9.83. The summed E-state index contributed by atoms with van der Waals surface area (Å²) in [5.41, 5.74) is 0.551. The van der Waals surface area contributed by atoms with E-state index in [2.05, 4.69) is 25.1 Å². The molecule has 1 aliphatic heterocycles. The van der Waals surface area contributed by atoms with Crippen molar-refractivity contribution in [2.75, 3.05) is 16.8 Å². The Morgan fingerprint density at radius 2 is 2.16 bits per heavy atom. The first-order valence-corrected chi connectivity index (χ1v) is 8.73. The molecule has 2 aromatic rings. The van der Waals surface area contributed by atoms with Gasteiger partial charge in [-0.2, -0.15) is 9.47 Å². The Balaban J connectivity index is 1.58. The second-order valence-corrected chi connectivity index (χ2v) is 7.73. The summed E-state index contributed by atoms with van der Waals surface area (Å²) >= 11 is 1.12. The summed E-state index contributed by atoms with van der Waals surface area (Å²) < 4.78 is 5.88. The molecule has 1 saturated heterocycles. The molecule has 25 heavy (non-hydrogen) atoms. The van der Waals surface area contributed by atoms with Gasteiger partial charge in [0.15, 0.2) is 0 Å². The van der Waals surface area contributed by atoms with Crippen LogP contribution in [0, 0.1) is 0 Å². The summed E-state index contributed by atoms with van der Waals surface area (Å²) in [6, 6.07) is -1.02. The zero-order valence-corrected chi connectivity index (χ0v) is 15.4. The van der Waals surface area contributed by atoms with Gasteiger partial charge in [-0.1, -0.05) is 20.8 Å². The summed E-state index contributed by atoms with van der Waals surface area (Å²) in [4.78, 5) is 30.5. The molecular formula is C15H21N7O2S. The maximum Gasteiger partial charge on any atom is 0.321 e. The minimum Gasteiger partial charge on any atom is -0.326 e. The van der Waals surface area contributed by atoms with Crippen LogP contribution in [0.15, 0.2) is 12.4 Å². The smallest absolute Gasteiger partial charge is 0.321 e. The zero-order chi connectivity index (χ0) is 18.2. The minimum absolute atomic E-state index is 0.143. The molecule has 3 amide bonds. The monoisotopic (exact) mass is 363 g/mol. The van der Waals surface area contributed by atoms with Crippen LogP contribution in [0.25, 0.3) is 0 Å². The average molecular weight is 363 g/mol. The molecule has 1 atom stereocenters. The van der Waals surface area contributed by atoms with E-state index in [4.69, 9.17) is 0 Å². The highest BCUT2D eigenvalue weighted by atomic mass is 32.1. The van der Waals surface area contributed by atoms with E-state index in [9.17, 15) is 9.59 Å². The van der Waals surface area contributed by atoms with Gasteiger partial charge in [0, 0.05) is 36.7 Å². The second kappa shape index (κ2) is 6.43. The summed E-state index contributed by atoms with van der Waals surface area (Å²) in [7, 11) is 1.79. The van der Waals surface area contributed by atoms with Crippen LogP contribution in [-0.2, 0) is 17.3 Å². The van der Waals surface area contributed by atoms with Gasteiger partial charge in [-0.25, -0.2) is 9.78 Å². The number of amides is 3. The Bertz CT molecular complexity index is 792. The molecular weight excluding hydrogens is 342 g/mol. The van der Waals surface area contributed by atoms with Crippen molar-refractivity contribution in [3.8, 4) is 0 Å². The van der Waals surface area contributed by atoms with E-state index in [0.717, 1.165) is 17.2 Å². The third-order valence-corrected chi connectivity index (χ3v) is 4.46. The summed E-state index contributed by atoms with van der Waals surface area (Å²) in [6.45, 7) is 6.55. The lowest BCUT2D eigenvalue weighted by Gasteiger charge is -2.15. The number of nitrogens with one attached hydrogen (secondary N) is 2. The molecule has 2 N–H and O–H groups in total. The van der Waals surface area contributed by atoms with Gasteiger partial charge in [-0.15, -0.1) is 0 Å². The highest BCUT2D eigenvalue weighted by Crippen LogP contribution is 2.23. The van der Waals surface area contributed by atoms with Gasteiger partial charge in [0.1, 0.15) is 11.9 Å². The van der Waals surface area contributed by atoms with Gasteiger partial charge in [-0.3, -0.25) is 14.8 Å². The van der Waals surface area contributed by atoms with Crippen molar-refractivity contribution in [2.45, 2.75) is 38.6 Å². The molecule has 3 heterocycles. The Morgan fingerprint density at radius 3 is 2.76 bits per heavy atom. The van der Waals surface area contributed by atoms with Crippen molar-refractivity contribution < 1.29 is 9.59 Å². The van der Waals surface area contributed by atoms with Crippen LogP contribution in [0.4, 0.5) is 15.6 Å². The molecule has 9 nitrogen and oxygen atoms in total. The molecule has 0 saturated carbocycles. The first kappa shape index (κ1) is 17.3. The van der Waals surface area contributed by atoms with E-state index in [-0.39, 0.29) is 11.3 Å². The fourth-order valence-electron chi connectivity index (χ4n) is 2.49. The minimum atomic E-state index is -0.560. The molecule has 1 aliphatic rings. The van der Waals surface area contributed by atoms with Crippen molar-refractivity contribution >= 4 is 34.3 Å². The van der Waals surface area contributed by atoms with Gasteiger partial charge in [0.05, 0.1) is 11.9 Å². The third kappa shape index (κ3) is 3.78. The molecule has 0 bridgehead atoms. The van der Waals surface area contributed by atoms with Crippen molar-refractivity contribution in [1.29, 1.82) is 0 Å². The van der Waals surface area contributed by atoms with E-state index in [0.29, 0.717) is 23.9 Å². The number of urea groups is 1. The SMILES string of the molecule is Cn1cc(N2CCC(NC(=O)Nc3nc(C(C)(C)C)ns3)C2=O)cn1. The Kier molecular flexibility index (Phi) is 4.46. The molecule has 0 radical (unpaired) electrons. The number of hydrogen-bond donors (Lipinski definition) is 2. The molecule has 1 unspecified atom stereocenters. The number of anilines is 2. The fraction of sp³-hybridized carbons (Fsp3) is 0.533. The molecule has 10 heteroatoms. The lowest BCUT2D eigenvalue weighted by atomic mass is 9.96. The van der Waals surface area contributed by atoms with Crippen LogP contribution in [-0.4, -0.2) is 43.7 Å².